The molecule has 0 spiro atoms. The van der Waals surface area contributed by atoms with E-state index < -0.39 is 21.9 Å². The van der Waals surface area contributed by atoms with Gasteiger partial charge in [0.1, 0.15) is 11.3 Å². The van der Waals surface area contributed by atoms with Crippen LogP contribution in [0, 0.1) is 5.92 Å². The SMILES string of the molecule is CCC1CCc2cc(C(C)(F)F)ccc2N1S(=O)(=O)c1ccc(OCC2CCOCC2)c(C(=O)OC)c1. The molecule has 2 aromatic carbocycles. The number of sulfonamides is 1. The van der Waals surface area contributed by atoms with Crippen LogP contribution in [0.1, 0.15) is 61.0 Å². The molecule has 37 heavy (non-hydrogen) atoms. The highest BCUT2D eigenvalue weighted by Gasteiger charge is 2.37. The van der Waals surface area contributed by atoms with Gasteiger partial charge in [0.2, 0.25) is 0 Å². The molecule has 202 valence electrons. The third-order valence-corrected chi connectivity index (χ3v) is 8.96. The van der Waals surface area contributed by atoms with Gasteiger partial charge >= 0.3 is 5.97 Å². The average Bonchev–Trinajstić information content (AvgIpc) is 2.90. The van der Waals surface area contributed by atoms with Crippen molar-refractivity contribution in [2.75, 3.05) is 31.2 Å². The molecule has 0 bridgehead atoms. The number of alkyl halides is 2. The van der Waals surface area contributed by atoms with E-state index in [0.717, 1.165) is 19.8 Å². The molecule has 4 rings (SSSR count). The van der Waals surface area contributed by atoms with Crippen molar-refractivity contribution in [1.29, 1.82) is 0 Å². The van der Waals surface area contributed by atoms with Gasteiger partial charge in [-0.2, -0.15) is 0 Å². The van der Waals surface area contributed by atoms with Crippen molar-refractivity contribution in [3.05, 3.63) is 53.1 Å². The third-order valence-electron chi connectivity index (χ3n) is 7.10. The predicted molar refractivity (Wildman–Crippen MR) is 135 cm³/mol. The Labute approximate surface area is 216 Å². The number of hydrogen-bond donors (Lipinski definition) is 0. The fourth-order valence-electron chi connectivity index (χ4n) is 4.90. The number of carbonyl (C=O) groups is 1. The second-order valence-corrected chi connectivity index (χ2v) is 11.5. The molecule has 0 aromatic heterocycles. The van der Waals surface area contributed by atoms with Crippen molar-refractivity contribution >= 4 is 21.7 Å². The Morgan fingerprint density at radius 3 is 2.51 bits per heavy atom. The van der Waals surface area contributed by atoms with Crippen LogP contribution in [0.2, 0.25) is 0 Å². The van der Waals surface area contributed by atoms with Gasteiger partial charge in [-0.25, -0.2) is 22.0 Å². The van der Waals surface area contributed by atoms with Crippen molar-refractivity contribution in [3.63, 3.8) is 0 Å². The van der Waals surface area contributed by atoms with Crippen molar-refractivity contribution in [2.45, 2.75) is 62.8 Å². The number of methoxy groups -OCH3 is 1. The maximum absolute atomic E-state index is 14.0. The average molecular weight is 538 g/mol. The molecule has 0 N–H and O–H groups in total. The molecular weight excluding hydrogens is 504 g/mol. The van der Waals surface area contributed by atoms with E-state index in [9.17, 15) is 22.0 Å². The third kappa shape index (κ3) is 5.75. The fraction of sp³-hybridized carbons (Fsp3) is 0.519. The monoisotopic (exact) mass is 537 g/mol. The lowest BCUT2D eigenvalue weighted by atomic mass is 9.94. The molecule has 0 saturated carbocycles. The highest BCUT2D eigenvalue weighted by Crippen LogP contribution is 2.40. The summed E-state index contributed by atoms with van der Waals surface area (Å²) in [6, 6.07) is 7.92. The first-order valence-electron chi connectivity index (χ1n) is 12.5. The van der Waals surface area contributed by atoms with Crippen LogP contribution in [-0.4, -0.2) is 47.4 Å². The summed E-state index contributed by atoms with van der Waals surface area (Å²) >= 11 is 0. The summed E-state index contributed by atoms with van der Waals surface area (Å²) in [7, 11) is -2.91. The van der Waals surface area contributed by atoms with Gasteiger partial charge in [0.05, 0.1) is 24.3 Å². The smallest absolute Gasteiger partial charge is 0.341 e. The maximum Gasteiger partial charge on any atom is 0.341 e. The van der Waals surface area contributed by atoms with Gasteiger partial charge in [0.25, 0.3) is 15.9 Å². The van der Waals surface area contributed by atoms with Crippen LogP contribution in [-0.2, 0) is 31.8 Å². The molecule has 2 aliphatic rings. The predicted octanol–water partition coefficient (Wildman–Crippen LogP) is 5.31. The standard InChI is InChI=1S/C27H33F2NO6S/c1-4-21-7-5-19-15-20(27(2,28)29)6-9-24(19)30(21)37(32,33)22-8-10-25(23(16-22)26(31)34-3)36-17-18-11-13-35-14-12-18/h6,8-10,15-16,18,21H,4-5,7,11-14,17H2,1-3H3. The molecule has 7 nitrogen and oxygen atoms in total. The van der Waals surface area contributed by atoms with Crippen LogP contribution in [0.25, 0.3) is 0 Å². The molecule has 2 aromatic rings. The summed E-state index contributed by atoms with van der Waals surface area (Å²) in [4.78, 5) is 12.5. The number of anilines is 1. The molecule has 2 aliphatic heterocycles. The van der Waals surface area contributed by atoms with E-state index in [-0.39, 0.29) is 33.7 Å². The highest BCUT2D eigenvalue weighted by atomic mass is 32.2. The van der Waals surface area contributed by atoms with Crippen LogP contribution in [0.4, 0.5) is 14.5 Å². The van der Waals surface area contributed by atoms with E-state index in [0.29, 0.717) is 50.3 Å². The van der Waals surface area contributed by atoms with Crippen LogP contribution in [0.5, 0.6) is 5.75 Å². The molecule has 1 unspecified atom stereocenters. The van der Waals surface area contributed by atoms with E-state index in [1.54, 1.807) is 0 Å². The first-order valence-corrected chi connectivity index (χ1v) is 14.0. The lowest BCUT2D eigenvalue weighted by Crippen LogP contribution is -2.43. The number of halogens is 2. The first kappa shape index (κ1) is 27.3. The molecule has 0 radical (unpaired) electrons. The van der Waals surface area contributed by atoms with Crippen LogP contribution in [0.15, 0.2) is 41.3 Å². The quantitative estimate of drug-likeness (QED) is 0.425. The van der Waals surface area contributed by atoms with Gasteiger partial charge in [-0.15, -0.1) is 0 Å². The molecule has 0 amide bonds. The molecule has 2 heterocycles. The van der Waals surface area contributed by atoms with Crippen molar-refractivity contribution < 1.29 is 36.2 Å². The van der Waals surface area contributed by atoms with E-state index >= 15 is 0 Å². The van der Waals surface area contributed by atoms with Gasteiger partial charge in [0, 0.05) is 31.7 Å². The minimum absolute atomic E-state index is 0.0156. The molecule has 1 saturated heterocycles. The Bertz CT molecular complexity index is 1240. The van der Waals surface area contributed by atoms with E-state index in [4.69, 9.17) is 14.2 Å². The van der Waals surface area contributed by atoms with Crippen molar-refractivity contribution in [2.24, 2.45) is 5.92 Å². The number of ether oxygens (including phenoxy) is 3. The Balaban J connectivity index is 1.70. The summed E-state index contributed by atoms with van der Waals surface area (Å²) in [6.45, 7) is 4.40. The summed E-state index contributed by atoms with van der Waals surface area (Å²) < 4.78 is 73.3. The van der Waals surface area contributed by atoms with Gasteiger partial charge in [-0.1, -0.05) is 13.0 Å². The number of benzene rings is 2. The molecule has 1 atom stereocenters. The molecular formula is C27H33F2NO6S. The van der Waals surface area contributed by atoms with E-state index in [2.05, 4.69) is 0 Å². The normalized spacial score (nSPS) is 18.8. The lowest BCUT2D eigenvalue weighted by molar-refractivity contribution is 0.0174. The number of aryl methyl sites for hydroxylation is 1. The number of esters is 1. The highest BCUT2D eigenvalue weighted by molar-refractivity contribution is 7.92. The molecule has 1 fully saturated rings. The van der Waals surface area contributed by atoms with Crippen molar-refractivity contribution in [3.8, 4) is 5.75 Å². The van der Waals surface area contributed by atoms with Gasteiger partial charge in [-0.3, -0.25) is 4.31 Å². The summed E-state index contributed by atoms with van der Waals surface area (Å²) in [5.41, 5.74) is 0.793. The number of rotatable bonds is 8. The number of nitrogens with zero attached hydrogens (tertiary/aromatic N) is 1. The Morgan fingerprint density at radius 1 is 1.14 bits per heavy atom. The second-order valence-electron chi connectivity index (χ2n) is 9.65. The van der Waals surface area contributed by atoms with Crippen LogP contribution < -0.4 is 9.04 Å². The second kappa shape index (κ2) is 10.9. The van der Waals surface area contributed by atoms with Crippen molar-refractivity contribution in [1.82, 2.24) is 0 Å². The van der Waals surface area contributed by atoms with Gasteiger partial charge in [-0.05, 0) is 73.9 Å². The largest absolute Gasteiger partial charge is 0.492 e. The molecule has 10 heteroatoms. The number of carbonyl (C=O) groups excluding carboxylic acids is 1. The number of hydrogen-bond acceptors (Lipinski definition) is 6. The minimum Gasteiger partial charge on any atom is -0.492 e. The fourth-order valence-corrected chi connectivity index (χ4v) is 6.72. The van der Waals surface area contributed by atoms with Crippen LogP contribution >= 0.6 is 0 Å². The Morgan fingerprint density at radius 2 is 1.86 bits per heavy atom. The van der Waals surface area contributed by atoms with Gasteiger partial charge in [0.15, 0.2) is 0 Å². The summed E-state index contributed by atoms with van der Waals surface area (Å²) in [5, 5.41) is 0. The number of fused-ring (bicyclic) bond motifs is 1. The Kier molecular flexibility index (Phi) is 8.08. The van der Waals surface area contributed by atoms with E-state index in [1.807, 2.05) is 6.92 Å². The first-order chi connectivity index (χ1) is 17.6. The minimum atomic E-state index is -4.14. The van der Waals surface area contributed by atoms with Gasteiger partial charge < -0.3 is 14.2 Å². The lowest BCUT2D eigenvalue weighted by Gasteiger charge is -2.38. The summed E-state index contributed by atoms with van der Waals surface area (Å²) in [5.74, 6) is -3.22. The zero-order valence-electron chi connectivity index (χ0n) is 21.3. The van der Waals surface area contributed by atoms with E-state index in [1.165, 1.54) is 47.8 Å². The van der Waals surface area contributed by atoms with Crippen LogP contribution in [0.3, 0.4) is 0 Å². The zero-order chi connectivity index (χ0) is 26.8. The maximum atomic E-state index is 14.0. The zero-order valence-corrected chi connectivity index (χ0v) is 22.2. The Hall–Kier alpha value is -2.72. The topological polar surface area (TPSA) is 82.1 Å². The molecule has 0 aliphatic carbocycles. The summed E-state index contributed by atoms with van der Waals surface area (Å²) in [6.07, 6.45) is 3.23.